The van der Waals surface area contributed by atoms with Gasteiger partial charge in [-0.25, -0.2) is 19.5 Å². The molecule has 6 nitrogen and oxygen atoms in total. The highest BCUT2D eigenvalue weighted by molar-refractivity contribution is 6.25. The van der Waals surface area contributed by atoms with E-state index in [1.807, 2.05) is 12.3 Å². The van der Waals surface area contributed by atoms with Gasteiger partial charge >= 0.3 is 0 Å². The summed E-state index contributed by atoms with van der Waals surface area (Å²) < 4.78 is 4.68. The van der Waals surface area contributed by atoms with E-state index in [4.69, 9.17) is 19.9 Å². The van der Waals surface area contributed by atoms with Gasteiger partial charge in [0.05, 0.1) is 32.8 Å². The van der Waals surface area contributed by atoms with Crippen molar-refractivity contribution in [2.24, 2.45) is 7.05 Å². The third-order valence-corrected chi connectivity index (χ3v) is 8.25. The van der Waals surface area contributed by atoms with Crippen LogP contribution in [-0.4, -0.2) is 24.3 Å². The zero-order valence-corrected chi connectivity index (χ0v) is 24.8. The molecule has 40 heavy (non-hydrogen) atoms. The molecule has 5 aromatic heterocycles. The maximum absolute atomic E-state index is 5.05. The van der Waals surface area contributed by atoms with E-state index in [-0.39, 0.29) is 10.8 Å². The van der Waals surface area contributed by atoms with Crippen LogP contribution in [0.15, 0.2) is 48.8 Å². The first-order chi connectivity index (χ1) is 18.8. The third kappa shape index (κ3) is 3.38. The number of fused-ring (bicyclic) bond motifs is 5. The zero-order chi connectivity index (χ0) is 28.3. The van der Waals surface area contributed by atoms with Crippen molar-refractivity contribution in [1.29, 1.82) is 0 Å². The van der Waals surface area contributed by atoms with Gasteiger partial charge in [0.25, 0.3) is 0 Å². The Balaban J connectivity index is 1.71. The molecule has 0 atom stereocenters. The highest BCUT2D eigenvalue weighted by atomic mass is 15.1. The molecule has 0 radical (unpaired) electrons. The Morgan fingerprint density at radius 1 is 0.800 bits per heavy atom. The summed E-state index contributed by atoms with van der Waals surface area (Å²) in [5, 5.41) is 4.87. The molecule has 0 saturated carbocycles. The average Bonchev–Trinajstić information content (AvgIpc) is 3.22. The molecule has 2 aromatic carbocycles. The lowest BCUT2D eigenvalue weighted by Crippen LogP contribution is -2.29. The maximum atomic E-state index is 5.05. The second-order valence-corrected chi connectivity index (χ2v) is 13.3. The van der Waals surface area contributed by atoms with Crippen molar-refractivity contribution in [1.82, 2.24) is 24.3 Å². The van der Waals surface area contributed by atoms with Crippen LogP contribution in [0.4, 0.5) is 0 Å². The van der Waals surface area contributed by atoms with Crippen molar-refractivity contribution in [3.05, 3.63) is 71.6 Å². The monoisotopic (exact) mass is 527 g/mol. The van der Waals surface area contributed by atoms with E-state index < -0.39 is 0 Å². The molecular formula is C34H35N6+. The van der Waals surface area contributed by atoms with E-state index >= 15 is 0 Å². The van der Waals surface area contributed by atoms with E-state index in [0.29, 0.717) is 0 Å². The summed E-state index contributed by atoms with van der Waals surface area (Å²) in [5.74, 6) is 2.34. The molecule has 7 aromatic rings. The fourth-order valence-corrected chi connectivity index (χ4v) is 6.02. The minimum Gasteiger partial charge on any atom is -0.306 e. The van der Waals surface area contributed by atoms with E-state index in [1.54, 1.807) is 0 Å². The van der Waals surface area contributed by atoms with Gasteiger partial charge in [-0.3, -0.25) is 4.98 Å². The van der Waals surface area contributed by atoms with Gasteiger partial charge in [-0.1, -0.05) is 41.5 Å². The van der Waals surface area contributed by atoms with Crippen molar-refractivity contribution in [2.75, 3.05) is 0 Å². The number of aryl methyl sites for hydroxylation is 3. The molecule has 0 amide bonds. The Morgan fingerprint density at radius 3 is 2.17 bits per heavy atom. The number of rotatable bonds is 1. The topological polar surface area (TPSA) is 59.9 Å². The van der Waals surface area contributed by atoms with E-state index in [2.05, 4.69) is 108 Å². The number of nitrogens with zero attached hydrogens (tertiary/aromatic N) is 6. The zero-order valence-electron chi connectivity index (χ0n) is 24.8. The molecule has 0 fully saturated rings. The van der Waals surface area contributed by atoms with Crippen LogP contribution in [0.25, 0.3) is 60.5 Å². The second kappa shape index (κ2) is 7.94. The lowest BCUT2D eigenvalue weighted by atomic mass is 9.92. The molecular weight excluding hydrogens is 492 g/mol. The van der Waals surface area contributed by atoms with Gasteiger partial charge in [0.15, 0.2) is 12.0 Å². The fourth-order valence-electron chi connectivity index (χ4n) is 6.02. The average molecular weight is 528 g/mol. The largest absolute Gasteiger partial charge is 0.306 e. The van der Waals surface area contributed by atoms with Crippen molar-refractivity contribution >= 4 is 49.1 Å². The Kier molecular flexibility index (Phi) is 4.92. The molecule has 0 aliphatic carbocycles. The van der Waals surface area contributed by atoms with Crippen LogP contribution in [0.3, 0.4) is 0 Å². The van der Waals surface area contributed by atoms with Crippen molar-refractivity contribution < 1.29 is 4.57 Å². The van der Waals surface area contributed by atoms with E-state index in [9.17, 15) is 0 Å². The summed E-state index contributed by atoms with van der Waals surface area (Å²) in [6.07, 6.45) is 4.06. The Hall–Kier alpha value is -4.19. The number of hydrogen-bond donors (Lipinski definition) is 0. The molecule has 7 rings (SSSR count). The van der Waals surface area contributed by atoms with Crippen LogP contribution < -0.4 is 4.57 Å². The summed E-state index contributed by atoms with van der Waals surface area (Å²) in [6.45, 7) is 17.4. The van der Waals surface area contributed by atoms with Crippen LogP contribution in [0.1, 0.15) is 64.3 Å². The van der Waals surface area contributed by atoms with Gasteiger partial charge in [0.2, 0.25) is 5.52 Å². The second-order valence-electron chi connectivity index (χ2n) is 13.3. The molecule has 0 aliphatic rings. The van der Waals surface area contributed by atoms with Crippen molar-refractivity contribution in [2.45, 2.75) is 66.2 Å². The number of pyridine rings is 3. The maximum Gasteiger partial charge on any atom is 0.224 e. The SMILES string of the molecule is Cc1cc2c3ncccc3n3c4cc(-c5nc(C(C)(C)C)nc(C(C)(C)C)n5)cc5cc[n+](C)c(c(c1C)c23)c54. The third-order valence-electron chi connectivity index (χ3n) is 8.25. The molecule has 5 heterocycles. The summed E-state index contributed by atoms with van der Waals surface area (Å²) in [5.41, 5.74) is 8.90. The van der Waals surface area contributed by atoms with Gasteiger partial charge in [-0.2, -0.15) is 0 Å². The van der Waals surface area contributed by atoms with Gasteiger partial charge in [0, 0.05) is 34.0 Å². The van der Waals surface area contributed by atoms with Gasteiger partial charge < -0.3 is 4.40 Å². The number of hydrogen-bond acceptors (Lipinski definition) is 4. The number of benzene rings is 2. The van der Waals surface area contributed by atoms with E-state index in [1.165, 1.54) is 43.7 Å². The highest BCUT2D eigenvalue weighted by Crippen LogP contribution is 2.42. The molecule has 200 valence electrons. The van der Waals surface area contributed by atoms with Crippen LogP contribution in [0.5, 0.6) is 0 Å². The highest BCUT2D eigenvalue weighted by Gasteiger charge is 2.28. The Labute approximate surface area is 234 Å². The van der Waals surface area contributed by atoms with Crippen LogP contribution in [0.2, 0.25) is 0 Å². The molecule has 0 unspecified atom stereocenters. The predicted octanol–water partition coefficient (Wildman–Crippen LogP) is 7.27. The van der Waals surface area contributed by atoms with Crippen LogP contribution in [0, 0.1) is 13.8 Å². The molecule has 0 N–H and O–H groups in total. The Bertz CT molecular complexity index is 2120. The van der Waals surface area contributed by atoms with E-state index in [0.717, 1.165) is 39.6 Å². The quantitative estimate of drug-likeness (QED) is 0.128. The number of aromatic nitrogens is 6. The molecule has 6 heteroatoms. The smallest absolute Gasteiger partial charge is 0.224 e. The lowest BCUT2D eigenvalue weighted by Gasteiger charge is -2.23. The van der Waals surface area contributed by atoms with Crippen LogP contribution >= 0.6 is 0 Å². The fraction of sp³-hybridized carbons (Fsp3) is 0.324. The molecule has 0 spiro atoms. The first-order valence-electron chi connectivity index (χ1n) is 14.0. The Morgan fingerprint density at radius 2 is 1.50 bits per heavy atom. The van der Waals surface area contributed by atoms with Crippen molar-refractivity contribution in [3.8, 4) is 11.4 Å². The molecule has 0 aliphatic heterocycles. The van der Waals surface area contributed by atoms with Crippen LogP contribution in [-0.2, 0) is 17.9 Å². The van der Waals surface area contributed by atoms with Gasteiger partial charge in [0.1, 0.15) is 18.7 Å². The minimum absolute atomic E-state index is 0.202. The standard InChI is InChI=1S/C34H35N6/c1-18-15-22-27-23(11-10-13-35-27)40-24-17-21(30-36-31(33(3,4)5)38-32(37-30)34(6,7)8)16-20-12-14-39(9)29(26(20)24)25(19(18)2)28(22)40/h10-17H,1-9H3/q+1. The first-order valence-corrected chi connectivity index (χ1v) is 14.0. The summed E-state index contributed by atoms with van der Waals surface area (Å²) >= 11 is 0. The normalized spacial score (nSPS) is 13.1. The lowest BCUT2D eigenvalue weighted by molar-refractivity contribution is -0.643. The summed E-state index contributed by atoms with van der Waals surface area (Å²) in [7, 11) is 2.15. The minimum atomic E-state index is -0.202. The first kappa shape index (κ1) is 24.8. The summed E-state index contributed by atoms with van der Waals surface area (Å²) in [6, 6.07) is 13.2. The molecule has 0 bridgehead atoms. The predicted molar refractivity (Wildman–Crippen MR) is 163 cm³/mol. The summed E-state index contributed by atoms with van der Waals surface area (Å²) in [4.78, 5) is 19.9. The van der Waals surface area contributed by atoms with Gasteiger partial charge in [-0.15, -0.1) is 0 Å². The van der Waals surface area contributed by atoms with Crippen molar-refractivity contribution in [3.63, 3.8) is 0 Å². The molecule has 0 saturated heterocycles. The van der Waals surface area contributed by atoms with Gasteiger partial charge in [-0.05, 0) is 60.7 Å².